The molecule has 1 fully saturated rings. The van der Waals surface area contributed by atoms with Gasteiger partial charge in [0.2, 0.25) is 15.9 Å². The molecule has 1 amide bonds. The minimum absolute atomic E-state index is 0.159. The largest absolute Gasteiger partial charge is 0.345 e. The van der Waals surface area contributed by atoms with Crippen molar-refractivity contribution in [3.05, 3.63) is 41.4 Å². The molecule has 1 saturated heterocycles. The van der Waals surface area contributed by atoms with E-state index in [0.717, 1.165) is 15.0 Å². The molecule has 1 aromatic carbocycles. The number of anilines is 1. The van der Waals surface area contributed by atoms with Gasteiger partial charge in [0, 0.05) is 44.8 Å². The third-order valence-electron chi connectivity index (χ3n) is 4.41. The molecule has 26 heavy (non-hydrogen) atoms. The Morgan fingerprint density at radius 2 is 1.85 bits per heavy atom. The van der Waals surface area contributed by atoms with Crippen LogP contribution in [0.5, 0.6) is 0 Å². The van der Waals surface area contributed by atoms with E-state index in [4.69, 9.17) is 0 Å². The third kappa shape index (κ3) is 4.05. The molecule has 2 heterocycles. The van der Waals surface area contributed by atoms with Gasteiger partial charge >= 0.3 is 0 Å². The first-order valence-electron chi connectivity index (χ1n) is 8.33. The second-order valence-electron chi connectivity index (χ2n) is 6.26. The summed E-state index contributed by atoms with van der Waals surface area (Å²) in [5.41, 5.74) is 0.987. The molecule has 2 aromatic rings. The molecule has 0 unspecified atom stereocenters. The Labute approximate surface area is 157 Å². The Hall–Kier alpha value is -1.97. The highest BCUT2D eigenvalue weighted by atomic mass is 32.2. The summed E-state index contributed by atoms with van der Waals surface area (Å²) in [5, 5.41) is 2.88. The first-order valence-corrected chi connectivity index (χ1v) is 10.6. The number of nitrogens with zero attached hydrogens (tertiary/aromatic N) is 4. The van der Waals surface area contributed by atoms with Crippen molar-refractivity contribution in [2.24, 2.45) is 0 Å². The third-order valence-corrected chi connectivity index (χ3v) is 7.06. The maximum absolute atomic E-state index is 12.6. The molecule has 9 heteroatoms. The molecule has 0 radical (unpaired) electrons. The summed E-state index contributed by atoms with van der Waals surface area (Å²) in [6.45, 7) is 4.28. The van der Waals surface area contributed by atoms with E-state index in [2.05, 4.69) is 9.88 Å². The number of aryl methyl sites for hydroxylation is 1. The van der Waals surface area contributed by atoms with E-state index < -0.39 is 10.0 Å². The van der Waals surface area contributed by atoms with Crippen LogP contribution in [0, 0.1) is 6.92 Å². The lowest BCUT2D eigenvalue weighted by Crippen LogP contribution is -2.51. The van der Waals surface area contributed by atoms with Crippen molar-refractivity contribution in [3.8, 4) is 0 Å². The summed E-state index contributed by atoms with van der Waals surface area (Å²) in [6, 6.07) is 6.64. The Morgan fingerprint density at radius 1 is 1.19 bits per heavy atom. The zero-order valence-corrected chi connectivity index (χ0v) is 16.5. The van der Waals surface area contributed by atoms with Gasteiger partial charge in [-0.1, -0.05) is 17.7 Å². The average molecular weight is 395 g/mol. The van der Waals surface area contributed by atoms with Gasteiger partial charge in [0.25, 0.3) is 0 Å². The summed E-state index contributed by atoms with van der Waals surface area (Å²) in [4.78, 5) is 20.9. The van der Waals surface area contributed by atoms with Gasteiger partial charge in [0.15, 0.2) is 5.13 Å². The van der Waals surface area contributed by atoms with Crippen LogP contribution < -0.4 is 4.90 Å². The van der Waals surface area contributed by atoms with Crippen LogP contribution in [0.3, 0.4) is 0 Å². The summed E-state index contributed by atoms with van der Waals surface area (Å²) in [6.07, 6.45) is 1.77. The predicted molar refractivity (Wildman–Crippen MR) is 102 cm³/mol. The van der Waals surface area contributed by atoms with Crippen LogP contribution in [0.4, 0.5) is 5.13 Å². The Morgan fingerprint density at radius 3 is 2.42 bits per heavy atom. The van der Waals surface area contributed by atoms with Gasteiger partial charge in [-0.25, -0.2) is 13.4 Å². The number of aromatic nitrogens is 1. The topological polar surface area (TPSA) is 73.8 Å². The lowest BCUT2D eigenvalue weighted by atomic mass is 10.2. The van der Waals surface area contributed by atoms with Crippen LogP contribution in [0.25, 0.3) is 0 Å². The second kappa shape index (κ2) is 7.73. The van der Waals surface area contributed by atoms with Gasteiger partial charge in [0.05, 0.1) is 11.4 Å². The minimum Gasteiger partial charge on any atom is -0.345 e. The number of piperazine rings is 1. The molecule has 0 N–H and O–H groups in total. The molecule has 0 atom stereocenters. The summed E-state index contributed by atoms with van der Waals surface area (Å²) in [5.74, 6) is -0.179. The van der Waals surface area contributed by atoms with E-state index >= 15 is 0 Å². The first kappa shape index (κ1) is 18.8. The van der Waals surface area contributed by atoms with Crippen molar-refractivity contribution in [1.82, 2.24) is 14.2 Å². The molecular formula is C17H22N4O3S2. The number of benzene rings is 1. The molecule has 1 aliphatic rings. The monoisotopic (exact) mass is 394 g/mol. The standard InChI is InChI=1S/C17H22N4O3S2/c1-14-3-5-15(6-4-14)26(23,24)19(2)13-16(22)20-8-10-21(11-9-20)17-18-7-12-25-17/h3-7,12H,8-11,13H2,1-2H3. The molecule has 0 saturated carbocycles. The maximum atomic E-state index is 12.6. The highest BCUT2D eigenvalue weighted by molar-refractivity contribution is 7.89. The number of likely N-dealkylation sites (N-methyl/N-ethyl adjacent to an activating group) is 1. The van der Waals surface area contributed by atoms with Crippen LogP contribution in [0.2, 0.25) is 0 Å². The molecule has 3 rings (SSSR count). The van der Waals surface area contributed by atoms with Gasteiger partial charge in [-0.2, -0.15) is 4.31 Å². The highest BCUT2D eigenvalue weighted by Gasteiger charge is 2.27. The molecule has 7 nitrogen and oxygen atoms in total. The SMILES string of the molecule is Cc1ccc(S(=O)(=O)N(C)CC(=O)N2CCN(c3nccs3)CC2)cc1. The van der Waals surface area contributed by atoms with Gasteiger partial charge in [-0.3, -0.25) is 4.79 Å². The summed E-state index contributed by atoms with van der Waals surface area (Å²) >= 11 is 1.58. The fourth-order valence-electron chi connectivity index (χ4n) is 2.78. The number of hydrogen-bond acceptors (Lipinski definition) is 6. The molecule has 1 aromatic heterocycles. The van der Waals surface area contributed by atoms with E-state index in [1.165, 1.54) is 7.05 Å². The number of rotatable bonds is 5. The fourth-order valence-corrected chi connectivity index (χ4v) is 4.60. The van der Waals surface area contributed by atoms with Gasteiger partial charge in [0.1, 0.15) is 0 Å². The fraction of sp³-hybridized carbons (Fsp3) is 0.412. The van der Waals surface area contributed by atoms with E-state index in [1.54, 1.807) is 46.7 Å². The minimum atomic E-state index is -3.67. The van der Waals surface area contributed by atoms with Gasteiger partial charge in [-0.05, 0) is 19.1 Å². The first-order chi connectivity index (χ1) is 12.4. The molecule has 0 aliphatic carbocycles. The van der Waals surface area contributed by atoms with Crippen LogP contribution in [-0.4, -0.2) is 68.3 Å². The molecule has 0 spiro atoms. The maximum Gasteiger partial charge on any atom is 0.243 e. The summed E-state index contributed by atoms with van der Waals surface area (Å²) in [7, 11) is -2.23. The summed E-state index contributed by atoms with van der Waals surface area (Å²) < 4.78 is 26.3. The molecule has 1 aliphatic heterocycles. The number of amides is 1. The van der Waals surface area contributed by atoms with Crippen molar-refractivity contribution in [1.29, 1.82) is 0 Å². The van der Waals surface area contributed by atoms with Crippen molar-refractivity contribution in [3.63, 3.8) is 0 Å². The predicted octanol–water partition coefficient (Wildman–Crippen LogP) is 1.42. The molecular weight excluding hydrogens is 372 g/mol. The Bertz CT molecular complexity index is 843. The normalized spacial score (nSPS) is 15.5. The van der Waals surface area contributed by atoms with Crippen molar-refractivity contribution < 1.29 is 13.2 Å². The van der Waals surface area contributed by atoms with Gasteiger partial charge in [-0.15, -0.1) is 11.3 Å². The average Bonchev–Trinajstić information content (AvgIpc) is 3.17. The molecule has 140 valence electrons. The van der Waals surface area contributed by atoms with Crippen molar-refractivity contribution in [2.75, 3.05) is 44.7 Å². The lowest BCUT2D eigenvalue weighted by molar-refractivity contribution is -0.131. The Balaban J connectivity index is 1.58. The Kier molecular flexibility index (Phi) is 5.59. The smallest absolute Gasteiger partial charge is 0.243 e. The van der Waals surface area contributed by atoms with Crippen LogP contribution in [0.1, 0.15) is 5.56 Å². The van der Waals surface area contributed by atoms with Crippen molar-refractivity contribution in [2.45, 2.75) is 11.8 Å². The van der Waals surface area contributed by atoms with Crippen LogP contribution >= 0.6 is 11.3 Å². The van der Waals surface area contributed by atoms with Crippen LogP contribution in [-0.2, 0) is 14.8 Å². The molecule has 0 bridgehead atoms. The number of hydrogen-bond donors (Lipinski definition) is 0. The second-order valence-corrected chi connectivity index (χ2v) is 9.17. The number of carbonyl (C=O) groups excluding carboxylic acids is 1. The van der Waals surface area contributed by atoms with Crippen molar-refractivity contribution >= 4 is 32.4 Å². The van der Waals surface area contributed by atoms with E-state index in [9.17, 15) is 13.2 Å². The number of sulfonamides is 1. The van der Waals surface area contributed by atoms with E-state index in [-0.39, 0.29) is 17.3 Å². The zero-order valence-electron chi connectivity index (χ0n) is 14.8. The number of carbonyl (C=O) groups is 1. The lowest BCUT2D eigenvalue weighted by Gasteiger charge is -2.35. The highest BCUT2D eigenvalue weighted by Crippen LogP contribution is 2.19. The quantitative estimate of drug-likeness (QED) is 0.767. The zero-order chi connectivity index (χ0) is 18.7. The van der Waals surface area contributed by atoms with Crippen LogP contribution in [0.15, 0.2) is 40.7 Å². The van der Waals surface area contributed by atoms with E-state index in [0.29, 0.717) is 26.2 Å². The number of thiazole rings is 1. The van der Waals surface area contributed by atoms with E-state index in [1.807, 2.05) is 12.3 Å². The van der Waals surface area contributed by atoms with Gasteiger partial charge < -0.3 is 9.80 Å².